The minimum atomic E-state index is -0.876. The van der Waals surface area contributed by atoms with Crippen molar-refractivity contribution < 1.29 is 43.0 Å². The van der Waals surface area contributed by atoms with Crippen LogP contribution in [0.25, 0.3) is 0 Å². The molecule has 6 rings (SSSR count). The number of nitrogens with one attached hydrogen (secondary N) is 4. The van der Waals surface area contributed by atoms with E-state index in [0.717, 1.165) is 11.1 Å². The fraction of sp³-hybridized carbons (Fsp3) is 0.640. The Kier molecular flexibility index (Phi) is 22.4. The zero-order valence-electron chi connectivity index (χ0n) is 42.1. The van der Waals surface area contributed by atoms with Crippen LogP contribution in [0.3, 0.4) is 0 Å². The SMILES string of the molecule is CN[C@@H](C)C(=O)NC1CC([C@H](COCCOCCOC[C@H](c2ccccc2)C2CC(NC(=O)[C@H](C)NC)C(=O)N3C(CC(C)(C)C3C(N)=O)S2)c2ccccc2)SC2CC(C)(C)C(C(N)=O)N2C1=O.Cl.Cl. The Morgan fingerprint density at radius 1 is 0.620 bits per heavy atom. The van der Waals surface area contributed by atoms with E-state index in [9.17, 15) is 28.8 Å². The quantitative estimate of drug-likeness (QED) is 0.0928. The number of ether oxygens (including phenoxy) is 3. The molecule has 6 amide bonds. The van der Waals surface area contributed by atoms with Gasteiger partial charge >= 0.3 is 0 Å². The summed E-state index contributed by atoms with van der Waals surface area (Å²) in [5.41, 5.74) is 12.8. The summed E-state index contributed by atoms with van der Waals surface area (Å²) < 4.78 is 18.7. The van der Waals surface area contributed by atoms with E-state index in [1.165, 1.54) is 0 Å². The summed E-state index contributed by atoms with van der Waals surface area (Å²) in [5.74, 6) is -2.70. The number of carbonyl (C=O) groups is 6. The summed E-state index contributed by atoms with van der Waals surface area (Å²) in [4.78, 5) is 84.2. The molecule has 17 nitrogen and oxygen atoms in total. The van der Waals surface area contributed by atoms with Crippen molar-refractivity contribution in [3.05, 3.63) is 71.8 Å². The van der Waals surface area contributed by atoms with Gasteiger partial charge in [0.15, 0.2) is 0 Å². The Morgan fingerprint density at radius 2 is 0.958 bits per heavy atom. The Labute approximate surface area is 440 Å². The highest BCUT2D eigenvalue weighted by Gasteiger charge is 2.57. The first-order chi connectivity index (χ1) is 32.8. The van der Waals surface area contributed by atoms with Crippen molar-refractivity contribution in [2.75, 3.05) is 53.7 Å². The summed E-state index contributed by atoms with van der Waals surface area (Å²) in [6, 6.07) is 15.5. The molecule has 0 radical (unpaired) electrons. The lowest BCUT2D eigenvalue weighted by Crippen LogP contribution is -2.57. The van der Waals surface area contributed by atoms with Gasteiger partial charge in [0.05, 0.1) is 62.5 Å². The van der Waals surface area contributed by atoms with Gasteiger partial charge in [0, 0.05) is 22.3 Å². The summed E-state index contributed by atoms with van der Waals surface area (Å²) in [7, 11) is 3.37. The second-order valence-electron chi connectivity index (χ2n) is 20.2. The minimum absolute atomic E-state index is 0. The highest BCUT2D eigenvalue weighted by molar-refractivity contribution is 8.00. The van der Waals surface area contributed by atoms with Gasteiger partial charge in [-0.3, -0.25) is 28.8 Å². The van der Waals surface area contributed by atoms with Crippen LogP contribution in [0.15, 0.2) is 60.7 Å². The standard InChI is InChI=1S/C50H74N8O9S2.2ClH/c1-29(53-7)45(61)55-35-23-37(68-39-25-49(3,4)41(43(51)59)57(39)47(35)63)33(31-15-11-9-12-16-31)27-66-21-19-65-20-22-67-28-34(32-17-13-10-14-18-32)38-24-36(56-46(62)30(2)54-8)48(64)58-40(69-38)26-50(5,6)42(58)44(52)60;;/h9-18,29-30,33-42,53-54H,19-28H2,1-8H3,(H2,51,59)(H2,52,60)(H,55,61)(H,56,62);2*1H/t29-,30-,33+,34+,35?,36?,37?,38?,39?,40?,41?,42?;;/m0../s1. The first-order valence-corrected chi connectivity index (χ1v) is 26.0. The second-order valence-corrected chi connectivity index (χ2v) is 23.0. The van der Waals surface area contributed by atoms with Crippen LogP contribution < -0.4 is 32.7 Å². The molecule has 8 unspecified atom stereocenters. The number of benzene rings is 2. The van der Waals surface area contributed by atoms with Crippen molar-refractivity contribution in [3.63, 3.8) is 0 Å². The van der Waals surface area contributed by atoms with Crippen molar-refractivity contribution in [2.24, 2.45) is 22.3 Å². The molecule has 396 valence electrons. The third-order valence-electron chi connectivity index (χ3n) is 14.3. The molecule has 4 saturated heterocycles. The number of nitrogens with two attached hydrogens (primary N) is 2. The van der Waals surface area contributed by atoms with Crippen LogP contribution in [0, 0.1) is 10.8 Å². The highest BCUT2D eigenvalue weighted by Crippen LogP contribution is 2.51. The van der Waals surface area contributed by atoms with Crippen molar-refractivity contribution in [3.8, 4) is 0 Å². The van der Waals surface area contributed by atoms with Crippen molar-refractivity contribution in [1.29, 1.82) is 0 Å². The Morgan fingerprint density at radius 3 is 1.28 bits per heavy atom. The van der Waals surface area contributed by atoms with Crippen molar-refractivity contribution in [1.82, 2.24) is 31.1 Å². The number of primary amides is 2. The van der Waals surface area contributed by atoms with Crippen molar-refractivity contribution >= 4 is 83.8 Å². The molecule has 0 aliphatic carbocycles. The van der Waals surface area contributed by atoms with Gasteiger partial charge in [-0.25, -0.2) is 0 Å². The Bertz CT molecular complexity index is 1970. The first kappa shape index (κ1) is 59.9. The molecule has 4 aliphatic rings. The molecule has 4 fully saturated rings. The molecule has 0 aromatic heterocycles. The van der Waals surface area contributed by atoms with Gasteiger partial charge in [0.1, 0.15) is 24.2 Å². The Hall–Kier alpha value is -3.66. The third-order valence-corrected chi connectivity index (χ3v) is 17.4. The lowest BCUT2D eigenvalue weighted by atomic mass is 9.84. The summed E-state index contributed by atoms with van der Waals surface area (Å²) in [5, 5.41) is 10.9. The number of hydrogen-bond donors (Lipinski definition) is 6. The predicted octanol–water partition coefficient (Wildman–Crippen LogP) is 3.52. The molecule has 0 bridgehead atoms. The molecule has 4 aliphatic heterocycles. The van der Waals surface area contributed by atoms with E-state index >= 15 is 0 Å². The van der Waals surface area contributed by atoms with Crippen LogP contribution in [0.5, 0.6) is 0 Å². The molecule has 0 saturated carbocycles. The molecule has 2 aromatic carbocycles. The van der Waals surface area contributed by atoms with Crippen LogP contribution in [0.4, 0.5) is 0 Å². The second kappa shape index (κ2) is 26.5. The van der Waals surface area contributed by atoms with E-state index < -0.39 is 58.9 Å². The molecule has 21 heteroatoms. The maximum atomic E-state index is 14.3. The number of amides is 6. The molecular formula is C50H76Cl2N8O9S2. The normalized spacial score (nSPS) is 27.3. The fourth-order valence-corrected chi connectivity index (χ4v) is 14.4. The van der Waals surface area contributed by atoms with Crippen LogP contribution >= 0.6 is 48.3 Å². The largest absolute Gasteiger partial charge is 0.378 e. The van der Waals surface area contributed by atoms with Gasteiger partial charge in [-0.1, -0.05) is 88.4 Å². The van der Waals surface area contributed by atoms with Crippen LogP contribution in [-0.2, 0) is 43.0 Å². The summed E-state index contributed by atoms with van der Waals surface area (Å²) >= 11 is 3.28. The summed E-state index contributed by atoms with van der Waals surface area (Å²) in [6.45, 7) is 13.1. The highest BCUT2D eigenvalue weighted by atomic mass is 35.5. The Balaban J connectivity index is 0.00000548. The number of fused-ring (bicyclic) bond motifs is 2. The van der Waals surface area contributed by atoms with Crippen LogP contribution in [-0.4, -0.2) is 156 Å². The number of halogens is 2. The van der Waals surface area contributed by atoms with Gasteiger partial charge < -0.3 is 56.7 Å². The lowest BCUT2D eigenvalue weighted by Gasteiger charge is -2.32. The predicted molar refractivity (Wildman–Crippen MR) is 282 cm³/mol. The molecular weight excluding hydrogens is 992 g/mol. The molecule has 0 spiro atoms. The van der Waals surface area contributed by atoms with E-state index in [4.69, 9.17) is 25.7 Å². The monoisotopic (exact) mass is 1070 g/mol. The number of likely N-dealkylation sites (N-methyl/N-ethyl adjacent to an activating group) is 2. The maximum absolute atomic E-state index is 14.3. The van der Waals surface area contributed by atoms with Gasteiger partial charge in [-0.05, 0) is 75.6 Å². The van der Waals surface area contributed by atoms with Crippen molar-refractivity contribution in [2.45, 2.75) is 137 Å². The number of carbonyl (C=O) groups excluding carboxylic acids is 6. The van der Waals surface area contributed by atoms with Gasteiger partial charge in [0.25, 0.3) is 0 Å². The van der Waals surface area contributed by atoms with Crippen LogP contribution in [0.2, 0.25) is 0 Å². The maximum Gasteiger partial charge on any atom is 0.246 e. The van der Waals surface area contributed by atoms with E-state index in [1.807, 2.05) is 88.4 Å². The minimum Gasteiger partial charge on any atom is -0.378 e. The molecule has 4 heterocycles. The van der Waals surface area contributed by atoms with Gasteiger partial charge in [0.2, 0.25) is 35.4 Å². The van der Waals surface area contributed by atoms with E-state index in [-0.39, 0.29) is 81.5 Å². The molecule has 2 aromatic rings. The molecule has 12 atom stereocenters. The van der Waals surface area contributed by atoms with E-state index in [2.05, 4.69) is 21.3 Å². The number of rotatable bonds is 22. The fourth-order valence-electron chi connectivity index (χ4n) is 10.4. The van der Waals surface area contributed by atoms with E-state index in [1.54, 1.807) is 61.3 Å². The lowest BCUT2D eigenvalue weighted by molar-refractivity contribution is -0.142. The molecule has 71 heavy (non-hydrogen) atoms. The van der Waals surface area contributed by atoms with Crippen LogP contribution in [0.1, 0.15) is 90.2 Å². The number of thioether (sulfide) groups is 2. The zero-order chi connectivity index (χ0) is 50.2. The first-order valence-electron chi connectivity index (χ1n) is 24.1. The smallest absolute Gasteiger partial charge is 0.246 e. The topological polar surface area (TPSA) is 237 Å². The zero-order valence-corrected chi connectivity index (χ0v) is 45.4. The van der Waals surface area contributed by atoms with Gasteiger partial charge in [-0.15, -0.1) is 48.3 Å². The van der Waals surface area contributed by atoms with Gasteiger partial charge in [-0.2, -0.15) is 0 Å². The summed E-state index contributed by atoms with van der Waals surface area (Å²) in [6.07, 6.45) is 1.79. The average Bonchev–Trinajstić information content (AvgIpc) is 3.66. The van der Waals surface area contributed by atoms with E-state index in [0.29, 0.717) is 65.3 Å². The number of hydrogen-bond acceptors (Lipinski definition) is 13. The average molecular weight is 1070 g/mol. The number of nitrogens with zero attached hydrogens (tertiary/aromatic N) is 2. The molecule has 8 N–H and O–H groups in total. The third kappa shape index (κ3) is 14.3.